The smallest absolute Gasteiger partial charge is 0.147 e. The number of rotatable bonds is 6. The molecule has 6 heteroatoms. The number of hydrogen-bond donors (Lipinski definition) is 1. The third kappa shape index (κ3) is 5.52. The molecule has 0 fully saturated rings. The first-order chi connectivity index (χ1) is 7.92. The number of halogens is 1. The van der Waals surface area contributed by atoms with Crippen LogP contribution in [0.5, 0.6) is 5.75 Å². The molecule has 0 saturated heterocycles. The van der Waals surface area contributed by atoms with Crippen LogP contribution in [0.1, 0.15) is 12.0 Å². The van der Waals surface area contributed by atoms with Crippen molar-refractivity contribution >= 4 is 25.8 Å². The van der Waals surface area contributed by atoms with E-state index in [4.69, 9.17) is 9.84 Å². The first-order valence-electron chi connectivity index (χ1n) is 5.12. The predicted molar refractivity (Wildman–Crippen MR) is 69.9 cm³/mol. The maximum Gasteiger partial charge on any atom is 0.147 e. The van der Waals surface area contributed by atoms with Gasteiger partial charge in [0.2, 0.25) is 0 Å². The average molecular weight is 323 g/mol. The highest BCUT2D eigenvalue weighted by atomic mass is 79.9. The van der Waals surface area contributed by atoms with Crippen LogP contribution < -0.4 is 4.74 Å². The minimum atomic E-state index is -2.94. The lowest BCUT2D eigenvalue weighted by molar-refractivity contribution is 0.263. The molecule has 0 amide bonds. The van der Waals surface area contributed by atoms with Crippen LogP contribution >= 0.6 is 15.9 Å². The second kappa shape index (κ2) is 6.37. The third-order valence-corrected chi connectivity index (χ3v) is 3.63. The average Bonchev–Trinajstić information content (AvgIpc) is 2.24. The normalized spacial score (nSPS) is 11.5. The van der Waals surface area contributed by atoms with Crippen LogP contribution in [0.2, 0.25) is 0 Å². The van der Waals surface area contributed by atoms with Gasteiger partial charge in [0.25, 0.3) is 0 Å². The summed E-state index contributed by atoms with van der Waals surface area (Å²) in [7, 11) is -2.94. The highest BCUT2D eigenvalue weighted by Gasteiger charge is 2.05. The number of aliphatic hydroxyl groups is 1. The summed E-state index contributed by atoms with van der Waals surface area (Å²) in [5, 5.41) is 9.13. The van der Waals surface area contributed by atoms with Gasteiger partial charge < -0.3 is 9.84 Å². The Morgan fingerprint density at radius 3 is 2.71 bits per heavy atom. The van der Waals surface area contributed by atoms with E-state index in [1.165, 1.54) is 6.26 Å². The summed E-state index contributed by atoms with van der Waals surface area (Å²) < 4.78 is 28.1. The summed E-state index contributed by atoms with van der Waals surface area (Å²) in [5.74, 6) is 0.696. The van der Waals surface area contributed by atoms with E-state index < -0.39 is 9.84 Å². The quantitative estimate of drug-likeness (QED) is 0.810. The van der Waals surface area contributed by atoms with Crippen molar-refractivity contribution in [3.8, 4) is 5.75 Å². The Labute approximate surface area is 110 Å². The molecule has 1 rings (SSSR count). The van der Waals surface area contributed by atoms with Gasteiger partial charge in [-0.3, -0.25) is 0 Å². The van der Waals surface area contributed by atoms with Crippen molar-refractivity contribution in [2.75, 3.05) is 18.6 Å². The topological polar surface area (TPSA) is 63.6 Å². The van der Waals surface area contributed by atoms with Crippen molar-refractivity contribution in [1.82, 2.24) is 0 Å². The van der Waals surface area contributed by atoms with Gasteiger partial charge in [-0.1, -0.05) is 15.9 Å². The van der Waals surface area contributed by atoms with Crippen LogP contribution in [-0.2, 0) is 16.4 Å². The SMILES string of the molecule is CS(=O)(=O)CCCOc1ccc(Br)cc1CO. The molecule has 4 nitrogen and oxygen atoms in total. The number of benzene rings is 1. The van der Waals surface area contributed by atoms with Crippen LogP contribution in [0, 0.1) is 0 Å². The number of hydrogen-bond acceptors (Lipinski definition) is 4. The van der Waals surface area contributed by atoms with Gasteiger partial charge in [-0.05, 0) is 24.6 Å². The highest BCUT2D eigenvalue weighted by molar-refractivity contribution is 9.10. The second-order valence-corrected chi connectivity index (χ2v) is 6.92. The molecule has 0 spiro atoms. The summed E-state index contributed by atoms with van der Waals surface area (Å²) in [5.41, 5.74) is 0.679. The molecule has 1 aromatic rings. The molecule has 0 saturated carbocycles. The molecule has 0 heterocycles. The molecule has 0 atom stereocenters. The summed E-state index contributed by atoms with van der Waals surface area (Å²) >= 11 is 3.30. The number of ether oxygens (including phenoxy) is 1. The molecule has 0 aliphatic rings. The fourth-order valence-electron chi connectivity index (χ4n) is 1.32. The summed E-state index contributed by atoms with van der Waals surface area (Å²) in [6.07, 6.45) is 1.64. The lowest BCUT2D eigenvalue weighted by Crippen LogP contribution is -2.08. The van der Waals surface area contributed by atoms with Gasteiger partial charge >= 0.3 is 0 Å². The molecule has 1 aromatic carbocycles. The monoisotopic (exact) mass is 322 g/mol. The van der Waals surface area contributed by atoms with E-state index in [-0.39, 0.29) is 12.4 Å². The van der Waals surface area contributed by atoms with E-state index in [9.17, 15) is 8.42 Å². The maximum atomic E-state index is 10.9. The first kappa shape index (κ1) is 14.5. The zero-order valence-corrected chi connectivity index (χ0v) is 11.9. The second-order valence-electron chi connectivity index (χ2n) is 3.74. The Hall–Kier alpha value is -0.590. The Bertz CT molecular complexity index is 470. The lowest BCUT2D eigenvalue weighted by atomic mass is 10.2. The van der Waals surface area contributed by atoms with Crippen molar-refractivity contribution in [3.63, 3.8) is 0 Å². The number of aliphatic hydroxyl groups excluding tert-OH is 1. The van der Waals surface area contributed by atoms with E-state index in [2.05, 4.69) is 15.9 Å². The van der Waals surface area contributed by atoms with Crippen molar-refractivity contribution in [2.24, 2.45) is 0 Å². The van der Waals surface area contributed by atoms with Crippen LogP contribution in [0.25, 0.3) is 0 Å². The Morgan fingerprint density at radius 1 is 1.41 bits per heavy atom. The van der Waals surface area contributed by atoms with Crippen molar-refractivity contribution in [3.05, 3.63) is 28.2 Å². The largest absolute Gasteiger partial charge is 0.493 e. The molecule has 0 unspecified atom stereocenters. The van der Waals surface area contributed by atoms with Crippen molar-refractivity contribution in [1.29, 1.82) is 0 Å². The van der Waals surface area contributed by atoms with Crippen molar-refractivity contribution in [2.45, 2.75) is 13.0 Å². The first-order valence-corrected chi connectivity index (χ1v) is 7.97. The molecule has 0 aromatic heterocycles. The molecule has 0 bridgehead atoms. The highest BCUT2D eigenvalue weighted by Crippen LogP contribution is 2.23. The summed E-state index contributed by atoms with van der Waals surface area (Å²) in [6, 6.07) is 5.33. The van der Waals surface area contributed by atoms with Crippen LogP contribution in [-0.4, -0.2) is 32.1 Å². The zero-order chi connectivity index (χ0) is 12.9. The van der Waals surface area contributed by atoms with Gasteiger partial charge in [0.1, 0.15) is 15.6 Å². The lowest BCUT2D eigenvalue weighted by Gasteiger charge is -2.10. The van der Waals surface area contributed by atoms with Gasteiger partial charge in [-0.15, -0.1) is 0 Å². The van der Waals surface area contributed by atoms with E-state index >= 15 is 0 Å². The van der Waals surface area contributed by atoms with Crippen molar-refractivity contribution < 1.29 is 18.3 Å². The summed E-state index contributed by atoms with van der Waals surface area (Å²) in [6.45, 7) is 0.211. The van der Waals surface area contributed by atoms with E-state index in [0.29, 0.717) is 24.3 Å². The van der Waals surface area contributed by atoms with Crippen LogP contribution in [0.3, 0.4) is 0 Å². The van der Waals surface area contributed by atoms with Crippen LogP contribution in [0.15, 0.2) is 22.7 Å². The molecule has 0 aliphatic heterocycles. The Balaban J connectivity index is 2.52. The maximum absolute atomic E-state index is 10.9. The molecule has 96 valence electrons. The third-order valence-electron chi connectivity index (χ3n) is 2.11. The van der Waals surface area contributed by atoms with Gasteiger partial charge in [0.15, 0.2) is 0 Å². The standard InChI is InChI=1S/C11H15BrO4S/c1-17(14,15)6-2-5-16-11-4-3-10(12)7-9(11)8-13/h3-4,7,13H,2,5-6,8H2,1H3. The van der Waals surface area contributed by atoms with Gasteiger partial charge in [-0.25, -0.2) is 8.42 Å². The fourth-order valence-corrected chi connectivity index (χ4v) is 2.37. The molecule has 0 aliphatic carbocycles. The molecular weight excluding hydrogens is 308 g/mol. The molecular formula is C11H15BrO4S. The molecule has 0 radical (unpaired) electrons. The Morgan fingerprint density at radius 2 is 2.12 bits per heavy atom. The number of sulfone groups is 1. The van der Waals surface area contributed by atoms with Crippen LogP contribution in [0.4, 0.5) is 0 Å². The molecule has 1 N–H and O–H groups in total. The zero-order valence-electron chi connectivity index (χ0n) is 9.52. The molecule has 17 heavy (non-hydrogen) atoms. The van der Waals surface area contributed by atoms with Gasteiger partial charge in [0, 0.05) is 16.3 Å². The minimum absolute atomic E-state index is 0.109. The Kier molecular flexibility index (Phi) is 5.42. The van der Waals surface area contributed by atoms with E-state index in [1.807, 2.05) is 6.07 Å². The van der Waals surface area contributed by atoms with E-state index in [0.717, 1.165) is 4.47 Å². The van der Waals surface area contributed by atoms with Gasteiger partial charge in [-0.2, -0.15) is 0 Å². The van der Waals surface area contributed by atoms with E-state index in [1.54, 1.807) is 12.1 Å². The van der Waals surface area contributed by atoms with Gasteiger partial charge in [0.05, 0.1) is 19.0 Å². The minimum Gasteiger partial charge on any atom is -0.493 e. The fraction of sp³-hybridized carbons (Fsp3) is 0.455. The predicted octanol–water partition coefficient (Wildman–Crippen LogP) is 1.75. The summed E-state index contributed by atoms with van der Waals surface area (Å²) in [4.78, 5) is 0.